The number of nitrogens with zero attached hydrogens (tertiary/aromatic N) is 3. The summed E-state index contributed by atoms with van der Waals surface area (Å²) in [5.41, 5.74) is 0.629. The van der Waals surface area contributed by atoms with Gasteiger partial charge in [0.15, 0.2) is 0 Å². The first-order valence-corrected chi connectivity index (χ1v) is 8.59. The number of hydrogen-bond donors (Lipinski definition) is 1. The predicted octanol–water partition coefficient (Wildman–Crippen LogP) is 0.691. The van der Waals surface area contributed by atoms with Gasteiger partial charge in [0.25, 0.3) is 5.91 Å². The molecule has 1 atom stereocenters. The van der Waals surface area contributed by atoms with Gasteiger partial charge in [-0.1, -0.05) is 15.9 Å². The molecule has 124 valence electrons. The number of imide groups is 1. The molecule has 1 aromatic rings. The Kier molecular flexibility index (Phi) is 5.11. The molecule has 2 amide bonds. The molecule has 0 bridgehead atoms. The van der Waals surface area contributed by atoms with Gasteiger partial charge in [-0.15, -0.1) is 0 Å². The van der Waals surface area contributed by atoms with E-state index in [9.17, 15) is 9.59 Å². The van der Waals surface area contributed by atoms with E-state index in [1.165, 1.54) is 4.90 Å². The number of aliphatic hydroxyl groups is 1. The van der Waals surface area contributed by atoms with Crippen molar-refractivity contribution in [3.8, 4) is 0 Å². The van der Waals surface area contributed by atoms with Gasteiger partial charge >= 0.3 is 0 Å². The summed E-state index contributed by atoms with van der Waals surface area (Å²) in [7, 11) is 0. The van der Waals surface area contributed by atoms with Gasteiger partial charge in [-0.2, -0.15) is 0 Å². The van der Waals surface area contributed by atoms with E-state index in [0.29, 0.717) is 12.2 Å². The first kappa shape index (κ1) is 16.6. The van der Waals surface area contributed by atoms with E-state index in [1.807, 2.05) is 12.1 Å². The fourth-order valence-electron chi connectivity index (χ4n) is 3.20. The van der Waals surface area contributed by atoms with E-state index in [1.54, 1.807) is 12.1 Å². The molecular weight excluding hydrogens is 362 g/mol. The van der Waals surface area contributed by atoms with Crippen LogP contribution >= 0.6 is 15.9 Å². The number of carbonyl (C=O) groups is 2. The lowest BCUT2D eigenvalue weighted by atomic mass is 10.1. The molecule has 0 unspecified atom stereocenters. The smallest absolute Gasteiger partial charge is 0.251 e. The first-order chi connectivity index (χ1) is 11.1. The van der Waals surface area contributed by atoms with Crippen molar-refractivity contribution in [3.63, 3.8) is 0 Å². The van der Waals surface area contributed by atoms with Crippen LogP contribution in [0.4, 0.5) is 5.69 Å². The molecule has 2 saturated heterocycles. The van der Waals surface area contributed by atoms with E-state index in [0.717, 1.165) is 30.7 Å². The molecule has 0 saturated carbocycles. The van der Waals surface area contributed by atoms with Gasteiger partial charge in [0.1, 0.15) is 0 Å². The standard InChI is InChI=1S/C16H20BrN3O3/c17-12-1-3-13(4-2-12)20-15(22)11-14(16(20)23)19-7-5-18(6-8-19)9-10-21/h1-4,14,21H,5-11H2/t14-/m1/s1. The lowest BCUT2D eigenvalue weighted by Gasteiger charge is -2.36. The summed E-state index contributed by atoms with van der Waals surface area (Å²) in [5, 5.41) is 8.99. The topological polar surface area (TPSA) is 64.1 Å². The van der Waals surface area contributed by atoms with E-state index in [4.69, 9.17) is 5.11 Å². The number of amides is 2. The van der Waals surface area contributed by atoms with E-state index in [-0.39, 0.29) is 30.9 Å². The Hall–Kier alpha value is -1.28. The number of carbonyl (C=O) groups excluding carboxylic acids is 2. The molecule has 0 aliphatic carbocycles. The largest absolute Gasteiger partial charge is 0.395 e. The first-order valence-electron chi connectivity index (χ1n) is 7.80. The average Bonchev–Trinajstić information content (AvgIpc) is 2.84. The second-order valence-electron chi connectivity index (χ2n) is 5.86. The third kappa shape index (κ3) is 3.47. The van der Waals surface area contributed by atoms with E-state index < -0.39 is 0 Å². The van der Waals surface area contributed by atoms with Gasteiger partial charge in [0.05, 0.1) is 24.8 Å². The van der Waals surface area contributed by atoms with Crippen molar-refractivity contribution in [1.29, 1.82) is 0 Å². The Morgan fingerprint density at radius 1 is 1.09 bits per heavy atom. The molecule has 6 nitrogen and oxygen atoms in total. The molecule has 0 aromatic heterocycles. The summed E-state index contributed by atoms with van der Waals surface area (Å²) in [5.74, 6) is -0.270. The van der Waals surface area contributed by atoms with Crippen molar-refractivity contribution >= 4 is 33.4 Å². The van der Waals surface area contributed by atoms with Crippen LogP contribution in [0, 0.1) is 0 Å². The normalized spacial score (nSPS) is 23.7. The number of anilines is 1. The van der Waals surface area contributed by atoms with Crippen LogP contribution in [0.2, 0.25) is 0 Å². The minimum Gasteiger partial charge on any atom is -0.395 e. The van der Waals surface area contributed by atoms with Crippen molar-refractivity contribution in [3.05, 3.63) is 28.7 Å². The van der Waals surface area contributed by atoms with Crippen LogP contribution in [0.25, 0.3) is 0 Å². The maximum Gasteiger partial charge on any atom is 0.251 e. The molecule has 2 fully saturated rings. The molecule has 7 heteroatoms. The van der Waals surface area contributed by atoms with Crippen molar-refractivity contribution in [1.82, 2.24) is 9.80 Å². The Balaban J connectivity index is 1.68. The lowest BCUT2D eigenvalue weighted by Crippen LogP contribution is -2.52. The highest BCUT2D eigenvalue weighted by Gasteiger charge is 2.43. The summed E-state index contributed by atoms with van der Waals surface area (Å²) in [6, 6.07) is 6.86. The second kappa shape index (κ2) is 7.09. The molecule has 0 radical (unpaired) electrons. The Morgan fingerprint density at radius 2 is 1.74 bits per heavy atom. The zero-order chi connectivity index (χ0) is 16.4. The lowest BCUT2D eigenvalue weighted by molar-refractivity contribution is -0.123. The van der Waals surface area contributed by atoms with Crippen LogP contribution in [-0.2, 0) is 9.59 Å². The highest BCUT2D eigenvalue weighted by molar-refractivity contribution is 9.10. The van der Waals surface area contributed by atoms with Crippen molar-refractivity contribution < 1.29 is 14.7 Å². The maximum atomic E-state index is 12.7. The number of rotatable bonds is 4. The van der Waals surface area contributed by atoms with Gasteiger partial charge in [-0.3, -0.25) is 19.4 Å². The zero-order valence-electron chi connectivity index (χ0n) is 12.8. The third-order valence-electron chi connectivity index (χ3n) is 4.47. The summed E-state index contributed by atoms with van der Waals surface area (Å²) < 4.78 is 0.914. The Morgan fingerprint density at radius 3 is 2.35 bits per heavy atom. The quantitative estimate of drug-likeness (QED) is 0.777. The van der Waals surface area contributed by atoms with Gasteiger partial charge in [0.2, 0.25) is 5.91 Å². The van der Waals surface area contributed by atoms with Crippen LogP contribution in [-0.4, -0.2) is 72.1 Å². The summed E-state index contributed by atoms with van der Waals surface area (Å²) >= 11 is 3.36. The van der Waals surface area contributed by atoms with Gasteiger partial charge in [-0.25, -0.2) is 4.90 Å². The van der Waals surface area contributed by atoms with E-state index in [2.05, 4.69) is 25.7 Å². The Labute approximate surface area is 143 Å². The number of hydrogen-bond acceptors (Lipinski definition) is 5. The third-order valence-corrected chi connectivity index (χ3v) is 5.00. The molecule has 0 spiro atoms. The molecule has 2 heterocycles. The van der Waals surface area contributed by atoms with Crippen LogP contribution in [0.5, 0.6) is 0 Å². The second-order valence-corrected chi connectivity index (χ2v) is 6.78. The molecule has 3 rings (SSSR count). The maximum absolute atomic E-state index is 12.7. The van der Waals surface area contributed by atoms with Gasteiger partial charge < -0.3 is 5.11 Å². The number of halogens is 1. The van der Waals surface area contributed by atoms with E-state index >= 15 is 0 Å². The average molecular weight is 382 g/mol. The zero-order valence-corrected chi connectivity index (χ0v) is 14.4. The molecule has 1 N–H and O–H groups in total. The molecule has 2 aliphatic rings. The van der Waals surface area contributed by atoms with Crippen molar-refractivity contribution in [2.24, 2.45) is 0 Å². The highest BCUT2D eigenvalue weighted by Crippen LogP contribution is 2.27. The molecule has 23 heavy (non-hydrogen) atoms. The molecule has 2 aliphatic heterocycles. The monoisotopic (exact) mass is 381 g/mol. The van der Waals surface area contributed by atoms with Gasteiger partial charge in [0, 0.05) is 37.2 Å². The minimum atomic E-state index is -0.359. The SMILES string of the molecule is O=C1C[C@@H](N2CCN(CCO)CC2)C(=O)N1c1ccc(Br)cc1. The molecule has 1 aromatic carbocycles. The fourth-order valence-corrected chi connectivity index (χ4v) is 3.47. The summed E-state index contributed by atoms with van der Waals surface area (Å²) in [6.07, 6.45) is 0.245. The van der Waals surface area contributed by atoms with Crippen LogP contribution < -0.4 is 4.90 Å². The summed E-state index contributed by atoms with van der Waals surface area (Å²) in [6.45, 7) is 3.94. The Bertz CT molecular complexity index is 585. The van der Waals surface area contributed by atoms with Crippen LogP contribution in [0.3, 0.4) is 0 Å². The number of β-amino-alcohol motifs (C(OH)–C–C–N with tert-alkyl or cyclic N) is 1. The van der Waals surface area contributed by atoms with Gasteiger partial charge in [-0.05, 0) is 24.3 Å². The molecular formula is C16H20BrN3O3. The fraction of sp³-hybridized carbons (Fsp3) is 0.500. The van der Waals surface area contributed by atoms with Crippen LogP contribution in [0.1, 0.15) is 6.42 Å². The van der Waals surface area contributed by atoms with Crippen molar-refractivity contribution in [2.75, 3.05) is 44.2 Å². The number of benzene rings is 1. The highest BCUT2D eigenvalue weighted by atomic mass is 79.9. The summed E-state index contributed by atoms with van der Waals surface area (Å²) in [4.78, 5) is 30.6. The van der Waals surface area contributed by atoms with Crippen molar-refractivity contribution in [2.45, 2.75) is 12.5 Å². The number of piperazine rings is 1. The minimum absolute atomic E-state index is 0.132. The number of aliphatic hydroxyl groups excluding tert-OH is 1. The predicted molar refractivity (Wildman–Crippen MR) is 90.1 cm³/mol. The van der Waals surface area contributed by atoms with Crippen LogP contribution in [0.15, 0.2) is 28.7 Å².